The van der Waals surface area contributed by atoms with Crippen LogP contribution in [0.4, 0.5) is 0 Å². The summed E-state index contributed by atoms with van der Waals surface area (Å²) >= 11 is 7.23. The van der Waals surface area contributed by atoms with E-state index in [1.807, 2.05) is 37.4 Å². The second-order valence-corrected chi connectivity index (χ2v) is 8.41. The van der Waals surface area contributed by atoms with Crippen LogP contribution in [0.5, 0.6) is 0 Å². The molecule has 0 unspecified atom stereocenters. The summed E-state index contributed by atoms with van der Waals surface area (Å²) in [6, 6.07) is 9.55. The van der Waals surface area contributed by atoms with E-state index in [4.69, 9.17) is 9.73 Å². The molecule has 0 amide bonds. The number of benzene rings is 1. The molecule has 0 saturated carbocycles. The highest BCUT2D eigenvalue weighted by Gasteiger charge is 2.28. The van der Waals surface area contributed by atoms with E-state index in [0.717, 1.165) is 43.1 Å². The van der Waals surface area contributed by atoms with Gasteiger partial charge in [-0.1, -0.05) is 6.07 Å². The first-order valence-corrected chi connectivity index (χ1v) is 10.7. The summed E-state index contributed by atoms with van der Waals surface area (Å²) in [4.78, 5) is 26.0. The first kappa shape index (κ1) is 20.0. The molecule has 0 spiro atoms. The van der Waals surface area contributed by atoms with Gasteiger partial charge >= 0.3 is 5.97 Å². The largest absolute Gasteiger partial charge is 0.469 e. The molecule has 1 atom stereocenters. The molecule has 0 saturated heterocycles. The summed E-state index contributed by atoms with van der Waals surface area (Å²) in [7, 11) is 1.40. The fraction of sp³-hybridized carbons (Fsp3) is 0.238. The SMILES string of the molecule is COC(=O)CC[C@@H]1N=C(c2ccccn2)c2cc(Br)c(Br)cc2-n2c(C)cnc21. The second-order valence-electron chi connectivity index (χ2n) is 6.70. The molecular weight excluding hydrogens is 500 g/mol. The quantitative estimate of drug-likeness (QED) is 0.459. The predicted molar refractivity (Wildman–Crippen MR) is 118 cm³/mol. The van der Waals surface area contributed by atoms with Crippen LogP contribution in [0.15, 0.2) is 56.7 Å². The predicted octanol–water partition coefficient (Wildman–Crippen LogP) is 4.95. The fourth-order valence-corrected chi connectivity index (χ4v) is 4.13. The van der Waals surface area contributed by atoms with Gasteiger partial charge in [-0.15, -0.1) is 0 Å². The maximum Gasteiger partial charge on any atom is 0.305 e. The molecule has 1 aliphatic rings. The Hall–Kier alpha value is -2.32. The zero-order valence-electron chi connectivity index (χ0n) is 15.9. The molecule has 0 N–H and O–H groups in total. The van der Waals surface area contributed by atoms with E-state index in [1.165, 1.54) is 7.11 Å². The number of imidazole rings is 1. The van der Waals surface area contributed by atoms with Crippen LogP contribution in [-0.4, -0.2) is 33.3 Å². The fourth-order valence-electron chi connectivity index (χ4n) is 3.46. The Morgan fingerprint density at radius 1 is 1.21 bits per heavy atom. The number of esters is 1. The number of fused-ring (bicyclic) bond motifs is 3. The Kier molecular flexibility index (Phi) is 5.65. The summed E-state index contributed by atoms with van der Waals surface area (Å²) < 4.78 is 8.79. The number of carbonyl (C=O) groups excluding carboxylic acids is 1. The minimum Gasteiger partial charge on any atom is -0.469 e. The lowest BCUT2D eigenvalue weighted by atomic mass is 10.0. The first-order valence-electron chi connectivity index (χ1n) is 9.09. The molecule has 1 aromatic carbocycles. The topological polar surface area (TPSA) is 69.4 Å². The molecule has 0 radical (unpaired) electrons. The van der Waals surface area contributed by atoms with E-state index in [-0.39, 0.29) is 18.4 Å². The van der Waals surface area contributed by atoms with Crippen LogP contribution < -0.4 is 0 Å². The molecule has 0 bridgehead atoms. The molecule has 8 heteroatoms. The number of nitrogens with zero attached hydrogens (tertiary/aromatic N) is 4. The zero-order chi connectivity index (χ0) is 20.5. The van der Waals surface area contributed by atoms with Crippen LogP contribution in [-0.2, 0) is 9.53 Å². The van der Waals surface area contributed by atoms with Crippen LogP contribution in [0.1, 0.15) is 41.7 Å². The number of aromatic nitrogens is 3. The normalized spacial score (nSPS) is 15.2. The average Bonchev–Trinajstić information content (AvgIpc) is 3.05. The smallest absolute Gasteiger partial charge is 0.305 e. The highest BCUT2D eigenvalue weighted by molar-refractivity contribution is 9.13. The van der Waals surface area contributed by atoms with Gasteiger partial charge in [-0.2, -0.15) is 0 Å². The lowest BCUT2D eigenvalue weighted by molar-refractivity contribution is -0.140. The van der Waals surface area contributed by atoms with Crippen molar-refractivity contribution in [1.82, 2.24) is 14.5 Å². The van der Waals surface area contributed by atoms with Gasteiger partial charge in [0.05, 0.1) is 24.2 Å². The summed E-state index contributed by atoms with van der Waals surface area (Å²) in [6.45, 7) is 2.01. The zero-order valence-corrected chi connectivity index (χ0v) is 19.1. The van der Waals surface area contributed by atoms with Gasteiger partial charge in [-0.05, 0) is 69.5 Å². The molecule has 29 heavy (non-hydrogen) atoms. The van der Waals surface area contributed by atoms with E-state index >= 15 is 0 Å². The summed E-state index contributed by atoms with van der Waals surface area (Å²) in [5.74, 6) is 0.537. The Bertz CT molecular complexity index is 1110. The van der Waals surface area contributed by atoms with Crippen molar-refractivity contribution in [2.24, 2.45) is 4.99 Å². The van der Waals surface area contributed by atoms with E-state index in [1.54, 1.807) is 6.20 Å². The lowest BCUT2D eigenvalue weighted by Gasteiger charge is -2.15. The standard InChI is InChI=1S/C21H18Br2N4O2/c1-12-11-25-21-17(6-7-19(28)29-2)26-20(16-5-3-4-8-24-16)13-9-14(22)15(23)10-18(13)27(12)21/h3-5,8-11,17H,6-7H2,1-2H3/t17-/m0/s1. The van der Waals surface area contributed by atoms with Crippen molar-refractivity contribution >= 4 is 43.5 Å². The van der Waals surface area contributed by atoms with Crippen molar-refractivity contribution < 1.29 is 9.53 Å². The lowest BCUT2D eigenvalue weighted by Crippen LogP contribution is -2.09. The van der Waals surface area contributed by atoms with Crippen molar-refractivity contribution in [2.75, 3.05) is 7.11 Å². The van der Waals surface area contributed by atoms with Crippen molar-refractivity contribution in [2.45, 2.75) is 25.8 Å². The summed E-state index contributed by atoms with van der Waals surface area (Å²) in [5.41, 5.74) is 4.45. The van der Waals surface area contributed by atoms with Gasteiger partial charge in [-0.25, -0.2) is 4.98 Å². The highest BCUT2D eigenvalue weighted by atomic mass is 79.9. The number of halogens is 2. The van der Waals surface area contributed by atoms with Gasteiger partial charge in [-0.3, -0.25) is 19.3 Å². The molecule has 1 aliphatic heterocycles. The molecule has 3 aromatic rings. The van der Waals surface area contributed by atoms with Gasteiger partial charge in [0, 0.05) is 39.0 Å². The average molecular weight is 518 g/mol. The van der Waals surface area contributed by atoms with Gasteiger partial charge in [0.25, 0.3) is 0 Å². The number of rotatable bonds is 4. The van der Waals surface area contributed by atoms with E-state index in [9.17, 15) is 4.79 Å². The monoisotopic (exact) mass is 516 g/mol. The van der Waals surface area contributed by atoms with Gasteiger partial charge in [0.15, 0.2) is 0 Å². The van der Waals surface area contributed by atoms with Crippen LogP contribution >= 0.6 is 31.9 Å². The van der Waals surface area contributed by atoms with E-state index in [0.29, 0.717) is 6.42 Å². The van der Waals surface area contributed by atoms with E-state index < -0.39 is 0 Å². The minimum absolute atomic E-state index is 0.260. The van der Waals surface area contributed by atoms with Crippen molar-refractivity contribution in [3.8, 4) is 5.69 Å². The Morgan fingerprint density at radius 2 is 2.00 bits per heavy atom. The second kappa shape index (κ2) is 8.20. The number of carbonyl (C=O) groups is 1. The third kappa shape index (κ3) is 3.79. The Labute approximate surface area is 185 Å². The molecule has 6 nitrogen and oxygen atoms in total. The molecule has 4 rings (SSSR count). The van der Waals surface area contributed by atoms with Gasteiger partial charge in [0.2, 0.25) is 0 Å². The Morgan fingerprint density at radius 3 is 2.72 bits per heavy atom. The van der Waals surface area contributed by atoms with Crippen molar-refractivity contribution in [3.63, 3.8) is 0 Å². The maximum absolute atomic E-state index is 11.8. The van der Waals surface area contributed by atoms with Crippen LogP contribution in [0, 0.1) is 6.92 Å². The molecule has 3 heterocycles. The highest BCUT2D eigenvalue weighted by Crippen LogP contribution is 2.37. The molecular formula is C21H18Br2N4O2. The number of hydrogen-bond acceptors (Lipinski definition) is 5. The molecule has 2 aromatic heterocycles. The van der Waals surface area contributed by atoms with Crippen molar-refractivity contribution in [1.29, 1.82) is 0 Å². The third-order valence-electron chi connectivity index (χ3n) is 4.84. The molecule has 148 valence electrons. The number of methoxy groups -OCH3 is 1. The number of ether oxygens (including phenoxy) is 1. The van der Waals surface area contributed by atoms with Crippen LogP contribution in [0.2, 0.25) is 0 Å². The minimum atomic E-state index is -0.301. The van der Waals surface area contributed by atoms with Gasteiger partial charge < -0.3 is 4.74 Å². The summed E-state index contributed by atoms with van der Waals surface area (Å²) in [6.07, 6.45) is 4.34. The van der Waals surface area contributed by atoms with E-state index in [2.05, 4.69) is 52.5 Å². The van der Waals surface area contributed by atoms with Gasteiger partial charge in [0.1, 0.15) is 11.9 Å². The number of pyridine rings is 1. The number of hydrogen-bond donors (Lipinski definition) is 0. The third-order valence-corrected chi connectivity index (χ3v) is 6.68. The number of aliphatic imine (C=N–C) groups is 1. The van der Waals surface area contributed by atoms with Crippen LogP contribution in [0.3, 0.4) is 0 Å². The van der Waals surface area contributed by atoms with Crippen LogP contribution in [0.25, 0.3) is 5.69 Å². The van der Waals surface area contributed by atoms with Crippen molar-refractivity contribution in [3.05, 3.63) is 74.4 Å². The summed E-state index contributed by atoms with van der Waals surface area (Å²) in [5, 5.41) is 0. The molecule has 0 aliphatic carbocycles. The molecule has 0 fully saturated rings. The maximum atomic E-state index is 11.8. The first-order chi connectivity index (χ1) is 14.0. The number of aryl methyl sites for hydroxylation is 1. The Balaban J connectivity index is 1.96.